The normalized spacial score (nSPS) is 27.8. The van der Waals surface area contributed by atoms with E-state index in [1.54, 1.807) is 53.9 Å². The summed E-state index contributed by atoms with van der Waals surface area (Å²) in [6.45, 7) is 6.81. The lowest BCUT2D eigenvalue weighted by Crippen LogP contribution is -2.62. The Hall–Kier alpha value is -4.05. The molecule has 0 saturated heterocycles. The average molecular weight is 688 g/mol. The largest absolute Gasteiger partial charge is 0.508 e. The number of aliphatic hydroxyl groups excluding tert-OH is 1. The number of nitrogens with zero attached hydrogens (tertiary/aromatic N) is 3. The number of carbonyl (C=O) groups is 5. The van der Waals surface area contributed by atoms with Crippen LogP contribution in [0.2, 0.25) is 0 Å². The molecule has 0 aromatic heterocycles. The Labute approximate surface area is 285 Å². The van der Waals surface area contributed by atoms with Gasteiger partial charge in [0.15, 0.2) is 11.6 Å². The SMILES string of the molecule is CCCCOC(=O)N(CC(=O)NC1C=C(N(C)C)C2=C(C(=O)C3=C[C@@]4(O)C(O)=C(C(N)=O)C(=O)[C@@H](N(C)C)[C@@H]4C[C@@H]3C2)C1(O)O)C(C)(C)C. The molecule has 4 rings (SSSR count). The highest BCUT2D eigenvalue weighted by atomic mass is 16.6. The topological polar surface area (TPSA) is 223 Å². The maximum absolute atomic E-state index is 14.3. The van der Waals surface area contributed by atoms with Gasteiger partial charge in [0.25, 0.3) is 5.91 Å². The molecule has 0 bridgehead atoms. The predicted molar refractivity (Wildman–Crippen MR) is 176 cm³/mol. The molecule has 49 heavy (non-hydrogen) atoms. The van der Waals surface area contributed by atoms with Crippen molar-refractivity contribution in [1.29, 1.82) is 0 Å². The van der Waals surface area contributed by atoms with E-state index in [-0.39, 0.29) is 25.0 Å². The molecular weight excluding hydrogens is 638 g/mol. The first-order chi connectivity index (χ1) is 22.6. The number of primary amides is 1. The van der Waals surface area contributed by atoms with Crippen LogP contribution in [0.15, 0.2) is 45.9 Å². The molecule has 0 saturated carbocycles. The van der Waals surface area contributed by atoms with Crippen molar-refractivity contribution in [2.75, 3.05) is 41.3 Å². The Bertz CT molecular complexity index is 1570. The molecule has 4 aliphatic carbocycles. The van der Waals surface area contributed by atoms with Crippen LogP contribution < -0.4 is 11.1 Å². The summed E-state index contributed by atoms with van der Waals surface area (Å²) in [6.07, 6.45) is 3.37. The summed E-state index contributed by atoms with van der Waals surface area (Å²) in [5.74, 6) is -9.08. The number of Topliss-reactive ketones (excluding diaryl/α,β-unsaturated/α-hetero) is 2. The first-order valence-corrected chi connectivity index (χ1v) is 16.3. The summed E-state index contributed by atoms with van der Waals surface area (Å²) in [5.41, 5.74) is 1.73. The number of fused-ring (bicyclic) bond motifs is 2. The maximum Gasteiger partial charge on any atom is 0.410 e. The van der Waals surface area contributed by atoms with Crippen LogP contribution >= 0.6 is 0 Å². The number of nitrogens with two attached hydrogens (primary N) is 1. The number of nitrogens with one attached hydrogen (secondary N) is 1. The second-order valence-electron chi connectivity index (χ2n) is 14.7. The zero-order valence-electron chi connectivity index (χ0n) is 29.4. The number of ketones is 2. The van der Waals surface area contributed by atoms with Gasteiger partial charge in [-0.2, -0.15) is 0 Å². The van der Waals surface area contributed by atoms with E-state index in [0.29, 0.717) is 17.7 Å². The molecule has 4 aliphatic rings. The number of aliphatic hydroxyl groups is 4. The minimum atomic E-state index is -2.94. The summed E-state index contributed by atoms with van der Waals surface area (Å²) in [6, 6.07) is -2.61. The minimum Gasteiger partial charge on any atom is -0.508 e. The fourth-order valence-electron chi connectivity index (χ4n) is 7.28. The number of hydrogen-bond donors (Lipinski definition) is 6. The van der Waals surface area contributed by atoms with Crippen LogP contribution in [0.25, 0.3) is 0 Å². The van der Waals surface area contributed by atoms with E-state index in [2.05, 4.69) is 5.32 Å². The summed E-state index contributed by atoms with van der Waals surface area (Å²) in [7, 11) is 6.55. The van der Waals surface area contributed by atoms with Gasteiger partial charge >= 0.3 is 6.09 Å². The molecule has 0 radical (unpaired) electrons. The molecule has 0 heterocycles. The molecular formula is C34H49N5O10. The van der Waals surface area contributed by atoms with E-state index < -0.39 is 93.8 Å². The van der Waals surface area contributed by atoms with E-state index in [1.807, 2.05) is 6.92 Å². The molecule has 0 aromatic carbocycles. The minimum absolute atomic E-state index is 0.0251. The van der Waals surface area contributed by atoms with Gasteiger partial charge < -0.3 is 41.1 Å². The van der Waals surface area contributed by atoms with Crippen molar-refractivity contribution in [3.05, 3.63) is 45.9 Å². The average Bonchev–Trinajstić information content (AvgIpc) is 2.96. The third-order valence-electron chi connectivity index (χ3n) is 9.76. The second-order valence-corrected chi connectivity index (χ2v) is 14.7. The van der Waals surface area contributed by atoms with Crippen molar-refractivity contribution in [2.24, 2.45) is 17.6 Å². The number of amides is 3. The Morgan fingerprint density at radius 2 is 1.73 bits per heavy atom. The van der Waals surface area contributed by atoms with Gasteiger partial charge in [-0.25, -0.2) is 4.79 Å². The van der Waals surface area contributed by atoms with Crippen molar-refractivity contribution in [2.45, 2.75) is 82.4 Å². The van der Waals surface area contributed by atoms with E-state index in [4.69, 9.17) is 10.5 Å². The zero-order valence-corrected chi connectivity index (χ0v) is 29.4. The molecule has 5 atom stereocenters. The summed E-state index contributed by atoms with van der Waals surface area (Å²) < 4.78 is 5.33. The lowest BCUT2D eigenvalue weighted by atomic mass is 9.59. The van der Waals surface area contributed by atoms with E-state index >= 15 is 0 Å². The summed E-state index contributed by atoms with van der Waals surface area (Å²) in [5, 5.41) is 48.8. The first kappa shape index (κ1) is 37.8. The fraction of sp³-hybridized carbons (Fsp3) is 0.618. The van der Waals surface area contributed by atoms with Crippen molar-refractivity contribution < 1.29 is 49.1 Å². The lowest BCUT2D eigenvalue weighted by Gasteiger charge is -2.50. The number of carbonyl (C=O) groups excluding carboxylic acids is 5. The van der Waals surface area contributed by atoms with Gasteiger partial charge in [0, 0.05) is 36.8 Å². The van der Waals surface area contributed by atoms with Crippen molar-refractivity contribution in [3.63, 3.8) is 0 Å². The Kier molecular flexibility index (Phi) is 10.3. The molecule has 0 spiro atoms. The van der Waals surface area contributed by atoms with Gasteiger partial charge in [-0.05, 0) is 77.8 Å². The van der Waals surface area contributed by atoms with Crippen LogP contribution in [-0.2, 0) is 23.9 Å². The Balaban J connectivity index is 1.73. The number of rotatable bonds is 9. The van der Waals surface area contributed by atoms with Gasteiger partial charge in [0.2, 0.25) is 11.7 Å². The van der Waals surface area contributed by atoms with Crippen LogP contribution in [0.4, 0.5) is 4.79 Å². The van der Waals surface area contributed by atoms with Crippen LogP contribution in [0.1, 0.15) is 53.4 Å². The van der Waals surface area contributed by atoms with E-state index in [1.165, 1.54) is 15.9 Å². The molecule has 0 fully saturated rings. The first-order valence-electron chi connectivity index (χ1n) is 16.3. The number of likely N-dealkylation sites (N-methyl/N-ethyl adjacent to an activating group) is 2. The predicted octanol–water partition coefficient (Wildman–Crippen LogP) is 0.0217. The Morgan fingerprint density at radius 1 is 1.10 bits per heavy atom. The van der Waals surface area contributed by atoms with E-state index in [9.17, 15) is 44.4 Å². The van der Waals surface area contributed by atoms with Crippen LogP contribution in [0, 0.1) is 11.8 Å². The van der Waals surface area contributed by atoms with Gasteiger partial charge in [-0.15, -0.1) is 0 Å². The monoisotopic (exact) mass is 687 g/mol. The summed E-state index contributed by atoms with van der Waals surface area (Å²) >= 11 is 0. The van der Waals surface area contributed by atoms with Crippen LogP contribution in [0.3, 0.4) is 0 Å². The van der Waals surface area contributed by atoms with Gasteiger partial charge in [-0.3, -0.25) is 29.0 Å². The van der Waals surface area contributed by atoms with Crippen molar-refractivity contribution in [1.82, 2.24) is 20.0 Å². The second kappa shape index (κ2) is 13.3. The molecule has 15 heteroatoms. The van der Waals surface area contributed by atoms with Crippen molar-refractivity contribution >= 4 is 29.5 Å². The zero-order chi connectivity index (χ0) is 37.0. The summed E-state index contributed by atoms with van der Waals surface area (Å²) in [4.78, 5) is 70.5. The number of hydrogen-bond acceptors (Lipinski definition) is 12. The van der Waals surface area contributed by atoms with Gasteiger partial charge in [0.05, 0.1) is 18.2 Å². The molecule has 270 valence electrons. The van der Waals surface area contributed by atoms with Crippen molar-refractivity contribution in [3.8, 4) is 0 Å². The molecule has 7 N–H and O–H groups in total. The van der Waals surface area contributed by atoms with Gasteiger partial charge in [-0.1, -0.05) is 13.3 Å². The molecule has 3 amide bonds. The highest BCUT2D eigenvalue weighted by Crippen LogP contribution is 2.53. The van der Waals surface area contributed by atoms with Crippen LogP contribution in [0.5, 0.6) is 0 Å². The van der Waals surface area contributed by atoms with E-state index in [0.717, 1.165) is 12.5 Å². The Morgan fingerprint density at radius 3 is 2.27 bits per heavy atom. The standard InChI is InChI=1S/C34H49N5O10/c1-9-10-11-49-31(45)39(32(2,3)4)16-23(40)36-22-14-21(37(5)6)18-12-17-13-20-26(38(7)8)28(42)24(30(35)44)29(43)33(20,46)15-19(17)27(41)25(18)34(22,47)48/h14-15,17,20,22,26,43,46-48H,9-13,16H2,1-8H3,(H2,35,44)(H,36,40)/t17-,20-,22?,26-,33-/m0/s1. The number of unbranched alkanes of at least 4 members (excludes halogenated alkanes) is 1. The van der Waals surface area contributed by atoms with Gasteiger partial charge in [0.1, 0.15) is 29.5 Å². The lowest BCUT2D eigenvalue weighted by molar-refractivity contribution is -0.158. The highest BCUT2D eigenvalue weighted by Gasteiger charge is 2.60. The molecule has 0 aliphatic heterocycles. The maximum atomic E-state index is 14.3. The van der Waals surface area contributed by atoms with Crippen LogP contribution in [-0.4, -0.2) is 135 Å². The number of ether oxygens (including phenoxy) is 1. The fourth-order valence-corrected chi connectivity index (χ4v) is 7.28. The molecule has 15 nitrogen and oxygen atoms in total. The third kappa shape index (κ3) is 6.64. The molecule has 0 aromatic rings. The molecule has 1 unspecified atom stereocenters. The number of allylic oxidation sites excluding steroid dienone is 2. The quantitative estimate of drug-likeness (QED) is 0.107. The third-order valence-corrected chi connectivity index (χ3v) is 9.76. The smallest absolute Gasteiger partial charge is 0.410 e. The highest BCUT2D eigenvalue weighted by molar-refractivity contribution is 6.22.